The van der Waals surface area contributed by atoms with Gasteiger partial charge in [0.1, 0.15) is 18.0 Å². The molecule has 1 fully saturated rings. The van der Waals surface area contributed by atoms with Crippen molar-refractivity contribution in [3.05, 3.63) is 48.0 Å². The molecular formula is C27H35N3O6S. The van der Waals surface area contributed by atoms with Crippen LogP contribution in [0.15, 0.2) is 47.4 Å². The van der Waals surface area contributed by atoms with Gasteiger partial charge in [0.15, 0.2) is 6.61 Å². The summed E-state index contributed by atoms with van der Waals surface area (Å²) < 4.78 is 39.3. The van der Waals surface area contributed by atoms with E-state index in [0.717, 1.165) is 17.7 Å². The first-order chi connectivity index (χ1) is 17.7. The maximum Gasteiger partial charge on any atom is 0.265 e. The second-order valence-electron chi connectivity index (χ2n) is 9.84. The molecule has 2 amide bonds. The molecule has 2 aromatic rings. The maximum atomic E-state index is 13.4. The number of fused-ring (bicyclic) bond motifs is 1. The SMILES string of the molecule is CCOc1ccc(CCNC(=O)CN2C(=O)COc3ccc(S(=O)(=O)N4C[C@H](C)C[C@@H](C)C4)cc32)cc1. The molecule has 2 aliphatic rings. The van der Waals surface area contributed by atoms with E-state index < -0.39 is 15.9 Å². The summed E-state index contributed by atoms with van der Waals surface area (Å²) in [4.78, 5) is 26.8. The third-order valence-corrected chi connectivity index (χ3v) is 8.45. The fraction of sp³-hybridized carbons (Fsp3) is 0.481. The zero-order chi connectivity index (χ0) is 26.6. The largest absolute Gasteiger partial charge is 0.494 e. The monoisotopic (exact) mass is 529 g/mol. The molecule has 2 heterocycles. The Morgan fingerprint density at radius 1 is 1.11 bits per heavy atom. The highest BCUT2D eigenvalue weighted by atomic mass is 32.2. The lowest BCUT2D eigenvalue weighted by Crippen LogP contribution is -2.45. The van der Waals surface area contributed by atoms with Crippen LogP contribution in [-0.4, -0.2) is 63.9 Å². The van der Waals surface area contributed by atoms with Gasteiger partial charge in [-0.3, -0.25) is 14.5 Å². The number of benzene rings is 2. The molecule has 1 saturated heterocycles. The van der Waals surface area contributed by atoms with Gasteiger partial charge in [-0.1, -0.05) is 26.0 Å². The average molecular weight is 530 g/mol. The smallest absolute Gasteiger partial charge is 0.265 e. The Morgan fingerprint density at radius 3 is 2.49 bits per heavy atom. The van der Waals surface area contributed by atoms with Gasteiger partial charge >= 0.3 is 0 Å². The van der Waals surface area contributed by atoms with Crippen molar-refractivity contribution < 1.29 is 27.5 Å². The number of sulfonamides is 1. The number of nitrogens with one attached hydrogen (secondary N) is 1. The van der Waals surface area contributed by atoms with Crippen LogP contribution in [-0.2, 0) is 26.0 Å². The van der Waals surface area contributed by atoms with E-state index in [0.29, 0.717) is 38.4 Å². The van der Waals surface area contributed by atoms with Crippen LogP contribution in [0.3, 0.4) is 0 Å². The van der Waals surface area contributed by atoms with Gasteiger partial charge in [0, 0.05) is 19.6 Å². The first-order valence-electron chi connectivity index (χ1n) is 12.7. The molecule has 2 aliphatic heterocycles. The van der Waals surface area contributed by atoms with Crippen molar-refractivity contribution in [3.63, 3.8) is 0 Å². The van der Waals surface area contributed by atoms with Gasteiger partial charge < -0.3 is 14.8 Å². The molecule has 10 heteroatoms. The summed E-state index contributed by atoms with van der Waals surface area (Å²) in [6, 6.07) is 12.2. The lowest BCUT2D eigenvalue weighted by molar-refractivity contribution is -0.125. The van der Waals surface area contributed by atoms with E-state index in [1.165, 1.54) is 21.3 Å². The molecular weight excluding hydrogens is 494 g/mol. The van der Waals surface area contributed by atoms with Gasteiger partial charge in [0.05, 0.1) is 17.2 Å². The molecule has 1 N–H and O–H groups in total. The van der Waals surface area contributed by atoms with Crippen molar-refractivity contribution in [1.82, 2.24) is 9.62 Å². The van der Waals surface area contributed by atoms with Gasteiger partial charge in [0.2, 0.25) is 15.9 Å². The molecule has 9 nitrogen and oxygen atoms in total. The summed E-state index contributed by atoms with van der Waals surface area (Å²) in [6.45, 7) is 7.51. The molecule has 200 valence electrons. The van der Waals surface area contributed by atoms with Gasteiger partial charge in [0.25, 0.3) is 5.91 Å². The number of ether oxygens (including phenoxy) is 2. The predicted octanol–water partition coefficient (Wildman–Crippen LogP) is 2.84. The van der Waals surface area contributed by atoms with Crippen LogP contribution in [0, 0.1) is 11.8 Å². The third kappa shape index (κ3) is 6.42. The zero-order valence-electron chi connectivity index (χ0n) is 21.6. The Balaban J connectivity index is 1.43. The minimum absolute atomic E-state index is 0.0896. The molecule has 0 aromatic heterocycles. The summed E-state index contributed by atoms with van der Waals surface area (Å²) in [6.07, 6.45) is 1.61. The number of rotatable bonds is 9. The second kappa shape index (κ2) is 11.5. The van der Waals surface area contributed by atoms with Crippen LogP contribution in [0.5, 0.6) is 11.5 Å². The van der Waals surface area contributed by atoms with Crippen LogP contribution in [0.4, 0.5) is 5.69 Å². The molecule has 0 unspecified atom stereocenters. The van der Waals surface area contributed by atoms with Gasteiger partial charge in [-0.2, -0.15) is 4.31 Å². The summed E-state index contributed by atoms with van der Waals surface area (Å²) in [7, 11) is -3.75. The zero-order valence-corrected chi connectivity index (χ0v) is 22.4. The van der Waals surface area contributed by atoms with Crippen molar-refractivity contribution in [2.75, 3.05) is 44.3 Å². The number of piperidine rings is 1. The fourth-order valence-electron chi connectivity index (χ4n) is 4.93. The Morgan fingerprint density at radius 2 is 1.81 bits per heavy atom. The average Bonchev–Trinajstić information content (AvgIpc) is 2.86. The van der Waals surface area contributed by atoms with Gasteiger partial charge in [-0.25, -0.2) is 8.42 Å². The van der Waals surface area contributed by atoms with Crippen LogP contribution >= 0.6 is 0 Å². The highest BCUT2D eigenvalue weighted by Crippen LogP contribution is 2.36. The predicted molar refractivity (Wildman–Crippen MR) is 140 cm³/mol. The third-order valence-electron chi connectivity index (χ3n) is 6.62. The molecule has 0 bridgehead atoms. The normalized spacial score (nSPS) is 20.2. The van der Waals surface area contributed by atoms with Crippen molar-refractivity contribution in [2.24, 2.45) is 11.8 Å². The molecule has 0 saturated carbocycles. The number of carbonyl (C=O) groups is 2. The minimum Gasteiger partial charge on any atom is -0.494 e. The number of carbonyl (C=O) groups excluding carboxylic acids is 2. The number of nitrogens with zero attached hydrogens (tertiary/aromatic N) is 2. The highest BCUT2D eigenvalue weighted by Gasteiger charge is 2.34. The van der Waals surface area contributed by atoms with Crippen molar-refractivity contribution in [2.45, 2.75) is 38.5 Å². The molecule has 0 radical (unpaired) electrons. The van der Waals surface area contributed by atoms with Crippen molar-refractivity contribution in [3.8, 4) is 11.5 Å². The molecule has 2 aromatic carbocycles. The Hall–Kier alpha value is -3.11. The molecule has 0 spiro atoms. The molecule has 2 atom stereocenters. The number of hydrogen-bond acceptors (Lipinski definition) is 6. The minimum atomic E-state index is -3.75. The number of amides is 2. The Kier molecular flexibility index (Phi) is 8.39. The lowest BCUT2D eigenvalue weighted by Gasteiger charge is -2.34. The van der Waals surface area contributed by atoms with Crippen molar-refractivity contribution in [1.29, 1.82) is 0 Å². The highest BCUT2D eigenvalue weighted by molar-refractivity contribution is 7.89. The van der Waals surface area contributed by atoms with E-state index in [2.05, 4.69) is 5.32 Å². The molecule has 0 aliphatic carbocycles. The van der Waals surface area contributed by atoms with E-state index in [-0.39, 0.29) is 41.5 Å². The maximum absolute atomic E-state index is 13.4. The van der Waals surface area contributed by atoms with Gasteiger partial charge in [-0.05, 0) is 67.5 Å². The first kappa shape index (κ1) is 26.9. The van der Waals surface area contributed by atoms with Crippen LogP contribution < -0.4 is 19.7 Å². The summed E-state index contributed by atoms with van der Waals surface area (Å²) in [5.41, 5.74) is 1.34. The van der Waals surface area contributed by atoms with Crippen LogP contribution in [0.25, 0.3) is 0 Å². The summed E-state index contributed by atoms with van der Waals surface area (Å²) >= 11 is 0. The standard InChI is InChI=1S/C27H35N3O6S/c1-4-35-22-7-5-21(6-8-22)11-12-28-26(31)17-30-24-14-23(9-10-25(24)36-18-27(30)32)37(33,34)29-15-19(2)13-20(3)16-29/h5-10,14,19-20H,4,11-13,15-18H2,1-3H3,(H,28,31)/t19-,20-/m1/s1. The second-order valence-corrected chi connectivity index (χ2v) is 11.8. The van der Waals surface area contributed by atoms with E-state index in [1.807, 2.05) is 45.0 Å². The quantitative estimate of drug-likeness (QED) is 0.536. The number of anilines is 1. The van der Waals surface area contributed by atoms with E-state index >= 15 is 0 Å². The Bertz CT molecular complexity index is 1220. The topological polar surface area (TPSA) is 105 Å². The molecule has 4 rings (SSSR count). The summed E-state index contributed by atoms with van der Waals surface area (Å²) in [5.74, 6) is 0.974. The summed E-state index contributed by atoms with van der Waals surface area (Å²) in [5, 5.41) is 2.84. The van der Waals surface area contributed by atoms with Gasteiger partial charge in [-0.15, -0.1) is 0 Å². The van der Waals surface area contributed by atoms with E-state index in [4.69, 9.17) is 9.47 Å². The van der Waals surface area contributed by atoms with Crippen molar-refractivity contribution >= 4 is 27.5 Å². The van der Waals surface area contributed by atoms with E-state index in [9.17, 15) is 18.0 Å². The fourth-order valence-corrected chi connectivity index (χ4v) is 6.63. The number of hydrogen-bond donors (Lipinski definition) is 1. The van der Waals surface area contributed by atoms with E-state index in [1.54, 1.807) is 6.07 Å². The van der Waals surface area contributed by atoms with Crippen LogP contribution in [0.2, 0.25) is 0 Å². The molecule has 37 heavy (non-hydrogen) atoms. The van der Waals surface area contributed by atoms with Crippen LogP contribution in [0.1, 0.15) is 32.8 Å². The lowest BCUT2D eigenvalue weighted by atomic mass is 9.94. The first-order valence-corrected chi connectivity index (χ1v) is 14.2. The Labute approximate surface area is 218 Å².